The number of rotatable bonds is 5. The maximum absolute atomic E-state index is 4.74. The zero-order valence-electron chi connectivity index (χ0n) is 13.7. The van der Waals surface area contributed by atoms with Crippen molar-refractivity contribution in [2.24, 2.45) is 0 Å². The molecule has 112 valence electrons. The molecule has 0 fully saturated rings. The Bertz CT molecular complexity index is 598. The highest BCUT2D eigenvalue weighted by molar-refractivity contribution is 5.64. The van der Waals surface area contributed by atoms with Gasteiger partial charge in [-0.25, -0.2) is 9.97 Å². The number of nitrogens with zero attached hydrogens (tertiary/aromatic N) is 2. The molecule has 1 aromatic carbocycles. The minimum absolute atomic E-state index is 0.318. The molecule has 0 aliphatic carbocycles. The lowest BCUT2D eigenvalue weighted by atomic mass is 10.0. The van der Waals surface area contributed by atoms with Gasteiger partial charge < -0.3 is 5.32 Å². The van der Waals surface area contributed by atoms with Gasteiger partial charge in [0.05, 0.1) is 5.69 Å². The fourth-order valence-electron chi connectivity index (χ4n) is 2.34. The van der Waals surface area contributed by atoms with Crippen LogP contribution in [0.3, 0.4) is 0 Å². The van der Waals surface area contributed by atoms with Gasteiger partial charge in [0.2, 0.25) is 0 Å². The Morgan fingerprint density at radius 1 is 1.00 bits per heavy atom. The van der Waals surface area contributed by atoms with Gasteiger partial charge >= 0.3 is 0 Å². The average Bonchev–Trinajstić information content (AvgIpc) is 2.43. The van der Waals surface area contributed by atoms with Gasteiger partial charge in [0.25, 0.3) is 0 Å². The average molecular weight is 283 g/mol. The Kier molecular flexibility index (Phi) is 4.94. The monoisotopic (exact) mass is 283 g/mol. The van der Waals surface area contributed by atoms with E-state index in [4.69, 9.17) is 4.98 Å². The molecule has 1 heterocycles. The van der Waals surface area contributed by atoms with Crippen molar-refractivity contribution in [2.45, 2.75) is 47.0 Å². The van der Waals surface area contributed by atoms with E-state index in [1.54, 1.807) is 0 Å². The Morgan fingerprint density at radius 3 is 2.24 bits per heavy atom. The van der Waals surface area contributed by atoms with Gasteiger partial charge in [-0.3, -0.25) is 0 Å². The molecule has 0 spiro atoms. The van der Waals surface area contributed by atoms with E-state index < -0.39 is 0 Å². The number of aryl methyl sites for hydroxylation is 2. The molecule has 0 aliphatic heterocycles. The summed E-state index contributed by atoms with van der Waals surface area (Å²) in [5.41, 5.74) is 4.69. The SMILES string of the molecule is CCCNc1cc(-c2cc(C)cc(C)c2)nc(C(C)C)n1. The third kappa shape index (κ3) is 4.03. The van der Waals surface area contributed by atoms with Crippen LogP contribution in [0.5, 0.6) is 0 Å². The van der Waals surface area contributed by atoms with Gasteiger partial charge in [-0.05, 0) is 32.4 Å². The second kappa shape index (κ2) is 6.70. The molecule has 2 aromatic rings. The number of hydrogen-bond donors (Lipinski definition) is 1. The van der Waals surface area contributed by atoms with Crippen molar-refractivity contribution in [3.8, 4) is 11.3 Å². The fraction of sp³-hybridized carbons (Fsp3) is 0.444. The molecule has 0 aliphatic rings. The molecule has 1 N–H and O–H groups in total. The quantitative estimate of drug-likeness (QED) is 0.863. The van der Waals surface area contributed by atoms with Crippen LogP contribution in [0, 0.1) is 13.8 Å². The third-order valence-corrected chi connectivity index (χ3v) is 3.33. The van der Waals surface area contributed by atoms with E-state index in [2.05, 4.69) is 69.2 Å². The molecule has 0 amide bonds. The van der Waals surface area contributed by atoms with Crippen molar-refractivity contribution in [3.63, 3.8) is 0 Å². The summed E-state index contributed by atoms with van der Waals surface area (Å²) in [5.74, 6) is 2.13. The van der Waals surface area contributed by atoms with Crippen molar-refractivity contribution in [1.82, 2.24) is 9.97 Å². The first-order valence-electron chi connectivity index (χ1n) is 7.71. The van der Waals surface area contributed by atoms with Gasteiger partial charge in [0, 0.05) is 24.1 Å². The summed E-state index contributed by atoms with van der Waals surface area (Å²) in [4.78, 5) is 9.36. The summed E-state index contributed by atoms with van der Waals surface area (Å²) in [5, 5.41) is 3.38. The molecule has 0 saturated heterocycles. The molecule has 0 atom stereocenters. The number of hydrogen-bond acceptors (Lipinski definition) is 3. The molecule has 0 unspecified atom stereocenters. The van der Waals surface area contributed by atoms with Crippen LogP contribution in [-0.4, -0.2) is 16.5 Å². The van der Waals surface area contributed by atoms with Gasteiger partial charge in [0.1, 0.15) is 11.6 Å². The minimum Gasteiger partial charge on any atom is -0.370 e. The predicted octanol–water partition coefficient (Wildman–Crippen LogP) is 4.71. The zero-order valence-corrected chi connectivity index (χ0v) is 13.7. The van der Waals surface area contributed by atoms with E-state index in [1.807, 2.05) is 0 Å². The van der Waals surface area contributed by atoms with Crippen LogP contribution in [0.15, 0.2) is 24.3 Å². The Morgan fingerprint density at radius 2 is 1.67 bits per heavy atom. The first-order valence-corrected chi connectivity index (χ1v) is 7.71. The number of benzene rings is 1. The van der Waals surface area contributed by atoms with Crippen molar-refractivity contribution < 1.29 is 0 Å². The second-order valence-corrected chi connectivity index (χ2v) is 5.95. The summed E-state index contributed by atoms with van der Waals surface area (Å²) in [6.07, 6.45) is 1.08. The van der Waals surface area contributed by atoms with Crippen LogP contribution in [-0.2, 0) is 0 Å². The summed E-state index contributed by atoms with van der Waals surface area (Å²) >= 11 is 0. The smallest absolute Gasteiger partial charge is 0.133 e. The maximum atomic E-state index is 4.74. The van der Waals surface area contributed by atoms with Gasteiger partial charge in [-0.1, -0.05) is 38.0 Å². The third-order valence-electron chi connectivity index (χ3n) is 3.33. The normalized spacial score (nSPS) is 11.0. The Balaban J connectivity index is 2.48. The Labute approximate surface area is 127 Å². The molecular formula is C18H25N3. The lowest BCUT2D eigenvalue weighted by Crippen LogP contribution is -2.07. The lowest BCUT2D eigenvalue weighted by molar-refractivity contribution is 0.775. The van der Waals surface area contributed by atoms with E-state index in [9.17, 15) is 0 Å². The van der Waals surface area contributed by atoms with Crippen molar-refractivity contribution in [1.29, 1.82) is 0 Å². The van der Waals surface area contributed by atoms with Gasteiger partial charge in [-0.2, -0.15) is 0 Å². The molecule has 1 aromatic heterocycles. The fourth-order valence-corrected chi connectivity index (χ4v) is 2.34. The highest BCUT2D eigenvalue weighted by atomic mass is 15.0. The minimum atomic E-state index is 0.318. The van der Waals surface area contributed by atoms with E-state index in [0.29, 0.717) is 5.92 Å². The standard InChI is InChI=1S/C18H25N3/c1-6-7-19-17-11-16(20-18(21-17)12(2)3)15-9-13(4)8-14(5)10-15/h8-12H,6-7H2,1-5H3,(H,19,20,21). The summed E-state index contributed by atoms with van der Waals surface area (Å²) in [6.45, 7) is 11.6. The van der Waals surface area contributed by atoms with Crippen molar-refractivity contribution >= 4 is 5.82 Å². The molecule has 21 heavy (non-hydrogen) atoms. The molecular weight excluding hydrogens is 258 g/mol. The molecule has 3 heteroatoms. The number of nitrogens with one attached hydrogen (secondary N) is 1. The number of aromatic nitrogens is 2. The largest absolute Gasteiger partial charge is 0.370 e. The summed E-state index contributed by atoms with van der Waals surface area (Å²) in [7, 11) is 0. The van der Waals surface area contributed by atoms with Crippen molar-refractivity contribution in [2.75, 3.05) is 11.9 Å². The zero-order chi connectivity index (χ0) is 15.4. The van der Waals surface area contributed by atoms with Crippen LogP contribution < -0.4 is 5.32 Å². The molecule has 0 bridgehead atoms. The van der Waals surface area contributed by atoms with Crippen molar-refractivity contribution in [3.05, 3.63) is 41.2 Å². The van der Waals surface area contributed by atoms with E-state index in [-0.39, 0.29) is 0 Å². The Hall–Kier alpha value is -1.90. The predicted molar refractivity (Wildman–Crippen MR) is 89.8 cm³/mol. The van der Waals surface area contributed by atoms with E-state index >= 15 is 0 Å². The van der Waals surface area contributed by atoms with Crippen LogP contribution in [0.4, 0.5) is 5.82 Å². The first kappa shape index (κ1) is 15.5. The van der Waals surface area contributed by atoms with E-state index in [1.165, 1.54) is 11.1 Å². The van der Waals surface area contributed by atoms with Gasteiger partial charge in [0.15, 0.2) is 0 Å². The topological polar surface area (TPSA) is 37.8 Å². The highest BCUT2D eigenvalue weighted by Gasteiger charge is 2.10. The molecule has 0 saturated carbocycles. The second-order valence-electron chi connectivity index (χ2n) is 5.95. The highest BCUT2D eigenvalue weighted by Crippen LogP contribution is 2.24. The summed E-state index contributed by atoms with van der Waals surface area (Å²) in [6, 6.07) is 8.60. The molecule has 0 radical (unpaired) electrons. The van der Waals surface area contributed by atoms with Gasteiger partial charge in [-0.15, -0.1) is 0 Å². The van der Waals surface area contributed by atoms with Crippen LogP contribution >= 0.6 is 0 Å². The molecule has 3 nitrogen and oxygen atoms in total. The summed E-state index contributed by atoms with van der Waals surface area (Å²) < 4.78 is 0. The lowest BCUT2D eigenvalue weighted by Gasteiger charge is -2.12. The first-order chi connectivity index (χ1) is 9.99. The molecule has 2 rings (SSSR count). The van der Waals surface area contributed by atoms with E-state index in [0.717, 1.165) is 35.9 Å². The van der Waals surface area contributed by atoms with Crippen LogP contribution in [0.2, 0.25) is 0 Å². The van der Waals surface area contributed by atoms with Crippen LogP contribution in [0.1, 0.15) is 50.1 Å². The maximum Gasteiger partial charge on any atom is 0.133 e. The number of anilines is 1. The van der Waals surface area contributed by atoms with Crippen LogP contribution in [0.25, 0.3) is 11.3 Å².